The molecular weight excluding hydrogens is 224 g/mol. The molecule has 18 heavy (non-hydrogen) atoms. The van der Waals surface area contributed by atoms with Gasteiger partial charge in [0.2, 0.25) is 5.91 Å². The lowest BCUT2D eigenvalue weighted by Gasteiger charge is -2.39. The minimum atomic E-state index is 0.0601. The van der Waals surface area contributed by atoms with Crippen LogP contribution >= 0.6 is 0 Å². The fourth-order valence-corrected chi connectivity index (χ4v) is 3.34. The van der Waals surface area contributed by atoms with E-state index >= 15 is 0 Å². The summed E-state index contributed by atoms with van der Waals surface area (Å²) in [6.45, 7) is 7.85. The summed E-state index contributed by atoms with van der Waals surface area (Å²) < 4.78 is 0. The molecule has 1 saturated heterocycles. The highest BCUT2D eigenvalue weighted by Crippen LogP contribution is 2.36. The lowest BCUT2D eigenvalue weighted by molar-refractivity contribution is -0.135. The quantitative estimate of drug-likeness (QED) is 0.818. The summed E-state index contributed by atoms with van der Waals surface area (Å²) in [5.74, 6) is 0.796. The maximum absolute atomic E-state index is 12.5. The largest absolute Gasteiger partial charge is 0.341 e. The molecule has 0 spiro atoms. The molecule has 3 heteroatoms. The van der Waals surface area contributed by atoms with E-state index in [9.17, 15) is 4.79 Å². The number of hydrogen-bond acceptors (Lipinski definition) is 2. The Morgan fingerprint density at radius 2 is 1.83 bits per heavy atom. The van der Waals surface area contributed by atoms with Crippen molar-refractivity contribution < 1.29 is 4.79 Å². The lowest BCUT2D eigenvalue weighted by atomic mass is 9.75. The SMILES string of the molecule is CC1CCNC1C(=O)N(C)C1CCC(C)(C)CC1. The molecule has 1 saturated carbocycles. The number of carbonyl (C=O) groups is 1. The van der Waals surface area contributed by atoms with E-state index in [1.54, 1.807) is 0 Å². The Bertz CT molecular complexity index is 304. The Kier molecular flexibility index (Phi) is 4.00. The molecular formula is C15H28N2O. The van der Waals surface area contributed by atoms with E-state index in [-0.39, 0.29) is 6.04 Å². The molecule has 1 aliphatic heterocycles. The van der Waals surface area contributed by atoms with E-state index in [0.717, 1.165) is 25.8 Å². The molecule has 1 aliphatic carbocycles. The van der Waals surface area contributed by atoms with Gasteiger partial charge in [-0.25, -0.2) is 0 Å². The predicted octanol–water partition coefficient (Wildman–Crippen LogP) is 2.41. The minimum absolute atomic E-state index is 0.0601. The third kappa shape index (κ3) is 2.87. The van der Waals surface area contributed by atoms with Crippen LogP contribution in [-0.2, 0) is 4.79 Å². The standard InChI is InChI=1S/C15H28N2O/c1-11-7-10-16-13(11)14(18)17(4)12-5-8-15(2,3)9-6-12/h11-13,16H,5-10H2,1-4H3. The second kappa shape index (κ2) is 5.20. The summed E-state index contributed by atoms with van der Waals surface area (Å²) in [5.41, 5.74) is 0.472. The molecule has 0 radical (unpaired) electrons. The summed E-state index contributed by atoms with van der Waals surface area (Å²) in [5, 5.41) is 3.35. The van der Waals surface area contributed by atoms with Gasteiger partial charge in [-0.15, -0.1) is 0 Å². The van der Waals surface area contributed by atoms with Gasteiger partial charge in [0, 0.05) is 13.1 Å². The van der Waals surface area contributed by atoms with Gasteiger partial charge >= 0.3 is 0 Å². The second-order valence-electron chi connectivity index (χ2n) is 7.04. The first kappa shape index (κ1) is 13.9. The average Bonchev–Trinajstić information content (AvgIpc) is 2.73. The van der Waals surface area contributed by atoms with Gasteiger partial charge in [0.15, 0.2) is 0 Å². The van der Waals surface area contributed by atoms with Gasteiger partial charge in [-0.1, -0.05) is 20.8 Å². The van der Waals surface area contributed by atoms with Crippen LogP contribution in [0.25, 0.3) is 0 Å². The summed E-state index contributed by atoms with van der Waals surface area (Å²) in [6, 6.07) is 0.519. The van der Waals surface area contributed by atoms with Gasteiger partial charge in [0.1, 0.15) is 0 Å². The predicted molar refractivity (Wildman–Crippen MR) is 74.4 cm³/mol. The second-order valence-corrected chi connectivity index (χ2v) is 7.04. The van der Waals surface area contributed by atoms with Crippen molar-refractivity contribution >= 4 is 5.91 Å². The monoisotopic (exact) mass is 252 g/mol. The molecule has 1 amide bonds. The van der Waals surface area contributed by atoms with Crippen molar-refractivity contribution in [2.24, 2.45) is 11.3 Å². The minimum Gasteiger partial charge on any atom is -0.341 e. The molecule has 0 aromatic carbocycles. The van der Waals surface area contributed by atoms with Crippen molar-refractivity contribution in [3.8, 4) is 0 Å². The number of likely N-dealkylation sites (N-methyl/N-ethyl adjacent to an activating group) is 1. The van der Waals surface area contributed by atoms with Gasteiger partial charge in [-0.2, -0.15) is 0 Å². The molecule has 2 aliphatic rings. The van der Waals surface area contributed by atoms with Crippen LogP contribution in [0.3, 0.4) is 0 Å². The molecule has 2 fully saturated rings. The fraction of sp³-hybridized carbons (Fsp3) is 0.933. The topological polar surface area (TPSA) is 32.3 Å². The van der Waals surface area contributed by atoms with Crippen molar-refractivity contribution in [1.82, 2.24) is 10.2 Å². The Hall–Kier alpha value is -0.570. The normalized spacial score (nSPS) is 32.4. The van der Waals surface area contributed by atoms with E-state index in [2.05, 4.69) is 26.1 Å². The van der Waals surface area contributed by atoms with Gasteiger partial charge in [0.05, 0.1) is 6.04 Å². The number of hydrogen-bond donors (Lipinski definition) is 1. The van der Waals surface area contributed by atoms with E-state index in [0.29, 0.717) is 23.3 Å². The van der Waals surface area contributed by atoms with E-state index in [1.807, 2.05) is 11.9 Å². The zero-order chi connectivity index (χ0) is 13.3. The first-order chi connectivity index (χ1) is 8.41. The molecule has 104 valence electrons. The third-order valence-electron chi connectivity index (χ3n) is 5.00. The highest BCUT2D eigenvalue weighted by atomic mass is 16.2. The smallest absolute Gasteiger partial charge is 0.239 e. The maximum Gasteiger partial charge on any atom is 0.239 e. The molecule has 2 atom stereocenters. The molecule has 1 heterocycles. The zero-order valence-corrected chi connectivity index (χ0v) is 12.3. The summed E-state index contributed by atoms with van der Waals surface area (Å²) >= 11 is 0. The first-order valence-electron chi connectivity index (χ1n) is 7.41. The Labute approximate surface area is 111 Å². The van der Waals surface area contributed by atoms with Crippen LogP contribution in [0.1, 0.15) is 52.9 Å². The van der Waals surface area contributed by atoms with E-state index in [4.69, 9.17) is 0 Å². The van der Waals surface area contributed by atoms with Crippen LogP contribution in [0.15, 0.2) is 0 Å². The molecule has 2 unspecified atom stereocenters. The summed E-state index contributed by atoms with van der Waals surface area (Å²) in [6.07, 6.45) is 5.93. The van der Waals surface area contributed by atoms with E-state index < -0.39 is 0 Å². The van der Waals surface area contributed by atoms with Crippen LogP contribution in [-0.4, -0.2) is 36.5 Å². The average molecular weight is 252 g/mol. The summed E-state index contributed by atoms with van der Waals surface area (Å²) in [4.78, 5) is 14.5. The Morgan fingerprint density at radius 1 is 1.22 bits per heavy atom. The van der Waals surface area contributed by atoms with Crippen LogP contribution < -0.4 is 5.32 Å². The van der Waals surface area contributed by atoms with E-state index in [1.165, 1.54) is 12.8 Å². The van der Waals surface area contributed by atoms with Crippen molar-refractivity contribution in [3.63, 3.8) is 0 Å². The van der Waals surface area contributed by atoms with Crippen molar-refractivity contribution in [2.45, 2.75) is 65.0 Å². The Balaban J connectivity index is 1.91. The molecule has 0 aromatic rings. The number of amides is 1. The van der Waals surface area contributed by atoms with Gasteiger partial charge in [-0.05, 0) is 50.0 Å². The van der Waals surface area contributed by atoms with Gasteiger partial charge in [0.25, 0.3) is 0 Å². The zero-order valence-electron chi connectivity index (χ0n) is 12.3. The van der Waals surface area contributed by atoms with Gasteiger partial charge in [-0.3, -0.25) is 4.79 Å². The van der Waals surface area contributed by atoms with Crippen molar-refractivity contribution in [3.05, 3.63) is 0 Å². The van der Waals surface area contributed by atoms with Crippen molar-refractivity contribution in [1.29, 1.82) is 0 Å². The highest BCUT2D eigenvalue weighted by molar-refractivity contribution is 5.82. The van der Waals surface area contributed by atoms with Gasteiger partial charge < -0.3 is 10.2 Å². The van der Waals surface area contributed by atoms with Crippen LogP contribution in [0.5, 0.6) is 0 Å². The highest BCUT2D eigenvalue weighted by Gasteiger charge is 2.36. The number of carbonyl (C=O) groups excluding carboxylic acids is 1. The van der Waals surface area contributed by atoms with Crippen LogP contribution in [0.2, 0.25) is 0 Å². The first-order valence-corrected chi connectivity index (χ1v) is 7.41. The van der Waals surface area contributed by atoms with Crippen LogP contribution in [0, 0.1) is 11.3 Å². The molecule has 0 aromatic heterocycles. The molecule has 1 N–H and O–H groups in total. The third-order valence-corrected chi connectivity index (χ3v) is 5.00. The molecule has 0 bridgehead atoms. The molecule has 2 rings (SSSR count). The molecule has 3 nitrogen and oxygen atoms in total. The van der Waals surface area contributed by atoms with Crippen LogP contribution in [0.4, 0.5) is 0 Å². The fourth-order valence-electron chi connectivity index (χ4n) is 3.34. The lowest BCUT2D eigenvalue weighted by Crippen LogP contribution is -2.49. The summed E-state index contributed by atoms with van der Waals surface area (Å²) in [7, 11) is 2.00. The number of nitrogens with zero attached hydrogens (tertiary/aromatic N) is 1. The van der Waals surface area contributed by atoms with Crippen molar-refractivity contribution in [2.75, 3.05) is 13.6 Å². The maximum atomic E-state index is 12.5. The Morgan fingerprint density at radius 3 is 2.33 bits per heavy atom. The number of rotatable bonds is 2. The number of nitrogens with one attached hydrogen (secondary N) is 1.